The molecule has 0 saturated carbocycles. The van der Waals surface area contributed by atoms with Crippen LogP contribution in [0.25, 0.3) is 0 Å². The van der Waals surface area contributed by atoms with Gasteiger partial charge in [-0.05, 0) is 30.2 Å². The Labute approximate surface area is 151 Å². The molecule has 0 amide bonds. The Morgan fingerprint density at radius 1 is 1.00 bits per heavy atom. The third kappa shape index (κ3) is 4.69. The van der Waals surface area contributed by atoms with Crippen LogP contribution in [0, 0.1) is 12.7 Å². The fraction of sp³-hybridized carbons (Fsp3) is 0.200. The van der Waals surface area contributed by atoms with Crippen molar-refractivity contribution in [1.29, 1.82) is 0 Å². The monoisotopic (exact) mass is 353 g/mol. The third-order valence-corrected chi connectivity index (χ3v) is 3.83. The highest BCUT2D eigenvalue weighted by molar-refractivity contribution is 5.38. The Kier molecular flexibility index (Phi) is 5.63. The summed E-state index contributed by atoms with van der Waals surface area (Å²) >= 11 is 0. The molecular formula is C20H20FN3O2. The highest BCUT2D eigenvalue weighted by Crippen LogP contribution is 2.17. The lowest BCUT2D eigenvalue weighted by atomic mass is 10.2. The van der Waals surface area contributed by atoms with Crippen LogP contribution in [0.1, 0.15) is 16.7 Å². The molecule has 1 N–H and O–H groups in total. The summed E-state index contributed by atoms with van der Waals surface area (Å²) in [6, 6.07) is 15.6. The molecule has 1 aromatic heterocycles. The van der Waals surface area contributed by atoms with Gasteiger partial charge in [-0.15, -0.1) is 0 Å². The van der Waals surface area contributed by atoms with Gasteiger partial charge in [0.25, 0.3) is 0 Å². The molecule has 0 radical (unpaired) electrons. The van der Waals surface area contributed by atoms with Crippen LogP contribution < -0.4 is 14.8 Å². The number of benzene rings is 2. The van der Waals surface area contributed by atoms with E-state index in [2.05, 4.69) is 15.3 Å². The summed E-state index contributed by atoms with van der Waals surface area (Å²) in [6.07, 6.45) is 1.10. The van der Waals surface area contributed by atoms with Crippen molar-refractivity contribution in [2.24, 2.45) is 0 Å². The largest absolute Gasteiger partial charge is 0.497 e. The van der Waals surface area contributed by atoms with Crippen LogP contribution in [-0.4, -0.2) is 17.1 Å². The molecule has 0 aliphatic heterocycles. The minimum atomic E-state index is -0.527. The van der Waals surface area contributed by atoms with Crippen LogP contribution in [-0.2, 0) is 13.2 Å². The molecule has 3 rings (SSSR count). The van der Waals surface area contributed by atoms with Crippen molar-refractivity contribution in [1.82, 2.24) is 9.97 Å². The number of nitrogens with zero attached hydrogens (tertiary/aromatic N) is 2. The summed E-state index contributed by atoms with van der Waals surface area (Å²) in [7, 11) is 1.61. The minimum Gasteiger partial charge on any atom is -0.497 e. The second kappa shape index (κ2) is 8.29. The van der Waals surface area contributed by atoms with Gasteiger partial charge in [0.1, 0.15) is 12.4 Å². The zero-order valence-corrected chi connectivity index (χ0v) is 14.7. The molecule has 0 unspecified atom stereocenters. The number of anilines is 1. The smallest absolute Gasteiger partial charge is 0.318 e. The second-order valence-corrected chi connectivity index (χ2v) is 5.83. The maximum absolute atomic E-state index is 13.9. The van der Waals surface area contributed by atoms with Crippen molar-refractivity contribution in [3.63, 3.8) is 0 Å². The first-order valence-electron chi connectivity index (χ1n) is 8.22. The summed E-state index contributed by atoms with van der Waals surface area (Å²) in [5, 5.41) is 2.97. The van der Waals surface area contributed by atoms with Gasteiger partial charge in [-0.25, -0.2) is 9.37 Å². The summed E-state index contributed by atoms with van der Waals surface area (Å²) in [4.78, 5) is 7.99. The van der Waals surface area contributed by atoms with Crippen LogP contribution >= 0.6 is 0 Å². The van der Waals surface area contributed by atoms with Crippen LogP contribution in [0.15, 0.2) is 54.7 Å². The van der Waals surface area contributed by atoms with Crippen molar-refractivity contribution in [3.05, 3.63) is 77.2 Å². The average molecular weight is 353 g/mol. The summed E-state index contributed by atoms with van der Waals surface area (Å²) in [5.74, 6) is 0.352. The molecule has 0 aliphatic rings. The van der Waals surface area contributed by atoms with Crippen LogP contribution in [0.3, 0.4) is 0 Å². The Bertz CT molecular complexity index is 852. The van der Waals surface area contributed by atoms with E-state index in [-0.39, 0.29) is 11.8 Å². The van der Waals surface area contributed by atoms with Crippen LogP contribution in [0.4, 0.5) is 10.2 Å². The Hall–Kier alpha value is -3.15. The number of hydrogen-bond donors (Lipinski definition) is 1. The Balaban J connectivity index is 1.62. The van der Waals surface area contributed by atoms with Gasteiger partial charge in [0.2, 0.25) is 0 Å². The van der Waals surface area contributed by atoms with Crippen molar-refractivity contribution in [3.8, 4) is 11.8 Å². The normalized spacial score (nSPS) is 10.4. The number of ether oxygens (including phenoxy) is 2. The number of halogens is 1. The zero-order chi connectivity index (χ0) is 18.4. The maximum Gasteiger partial charge on any atom is 0.318 e. The lowest BCUT2D eigenvalue weighted by molar-refractivity contribution is 0.280. The van der Waals surface area contributed by atoms with Gasteiger partial charge in [-0.3, -0.25) is 0 Å². The molecule has 5 nitrogen and oxygen atoms in total. The Morgan fingerprint density at radius 3 is 2.38 bits per heavy atom. The number of nitrogens with one attached hydrogen (secondary N) is 1. The van der Waals surface area contributed by atoms with Crippen molar-refractivity contribution < 1.29 is 13.9 Å². The molecule has 0 fully saturated rings. The number of aryl methyl sites for hydroxylation is 1. The first kappa shape index (κ1) is 17.7. The summed E-state index contributed by atoms with van der Waals surface area (Å²) in [5.41, 5.74) is 3.15. The standard InChI is InChI=1S/C20H20FN3O2/c1-14-3-5-16(6-4-14)13-26-20-23-12-18(21)19(24-20)22-11-15-7-9-17(25-2)10-8-15/h3-10,12H,11,13H2,1-2H3,(H,22,23,24). The van der Waals surface area contributed by atoms with E-state index in [9.17, 15) is 4.39 Å². The highest BCUT2D eigenvalue weighted by Gasteiger charge is 2.08. The van der Waals surface area contributed by atoms with Gasteiger partial charge in [0, 0.05) is 6.54 Å². The topological polar surface area (TPSA) is 56.3 Å². The summed E-state index contributed by atoms with van der Waals surface area (Å²) < 4.78 is 24.6. The molecule has 0 bridgehead atoms. The molecule has 3 aromatic rings. The van der Waals surface area contributed by atoms with Gasteiger partial charge in [0.05, 0.1) is 13.3 Å². The molecule has 0 saturated heterocycles. The van der Waals surface area contributed by atoms with E-state index in [0.717, 1.165) is 23.1 Å². The third-order valence-electron chi connectivity index (χ3n) is 3.83. The van der Waals surface area contributed by atoms with Gasteiger partial charge in [-0.2, -0.15) is 4.98 Å². The molecule has 0 aliphatic carbocycles. The van der Waals surface area contributed by atoms with E-state index >= 15 is 0 Å². The molecule has 2 aromatic carbocycles. The molecule has 6 heteroatoms. The van der Waals surface area contributed by atoms with E-state index in [1.807, 2.05) is 55.5 Å². The fourth-order valence-corrected chi connectivity index (χ4v) is 2.31. The number of aromatic nitrogens is 2. The Morgan fingerprint density at radius 2 is 1.69 bits per heavy atom. The minimum absolute atomic E-state index is 0.106. The summed E-state index contributed by atoms with van der Waals surface area (Å²) in [6.45, 7) is 2.77. The molecule has 0 atom stereocenters. The van der Waals surface area contributed by atoms with Gasteiger partial charge < -0.3 is 14.8 Å². The van der Waals surface area contributed by atoms with E-state index in [1.165, 1.54) is 5.56 Å². The second-order valence-electron chi connectivity index (χ2n) is 5.83. The van der Waals surface area contributed by atoms with Gasteiger partial charge >= 0.3 is 6.01 Å². The van der Waals surface area contributed by atoms with Crippen molar-refractivity contribution in [2.45, 2.75) is 20.1 Å². The molecule has 0 spiro atoms. The average Bonchev–Trinajstić information content (AvgIpc) is 2.68. The number of methoxy groups -OCH3 is 1. The van der Waals surface area contributed by atoms with Crippen molar-refractivity contribution in [2.75, 3.05) is 12.4 Å². The number of rotatable bonds is 7. The van der Waals surface area contributed by atoms with E-state index in [0.29, 0.717) is 13.2 Å². The van der Waals surface area contributed by atoms with Gasteiger partial charge in [0.15, 0.2) is 11.6 Å². The number of hydrogen-bond acceptors (Lipinski definition) is 5. The molecule has 1 heterocycles. The van der Waals surface area contributed by atoms with Crippen LogP contribution in [0.5, 0.6) is 11.8 Å². The first-order valence-corrected chi connectivity index (χ1v) is 8.22. The van der Waals surface area contributed by atoms with Gasteiger partial charge in [-0.1, -0.05) is 42.0 Å². The predicted octanol–water partition coefficient (Wildman–Crippen LogP) is 4.12. The van der Waals surface area contributed by atoms with E-state index in [4.69, 9.17) is 9.47 Å². The highest BCUT2D eigenvalue weighted by atomic mass is 19.1. The first-order chi connectivity index (χ1) is 12.6. The molecule has 134 valence electrons. The van der Waals surface area contributed by atoms with E-state index < -0.39 is 5.82 Å². The lowest BCUT2D eigenvalue weighted by Gasteiger charge is -2.09. The SMILES string of the molecule is COc1ccc(CNc2nc(OCc3ccc(C)cc3)ncc2F)cc1. The lowest BCUT2D eigenvalue weighted by Crippen LogP contribution is -2.07. The van der Waals surface area contributed by atoms with Crippen molar-refractivity contribution >= 4 is 5.82 Å². The quantitative estimate of drug-likeness (QED) is 0.692. The van der Waals surface area contributed by atoms with E-state index in [1.54, 1.807) is 7.11 Å². The molecular weight excluding hydrogens is 333 g/mol. The maximum atomic E-state index is 13.9. The zero-order valence-electron chi connectivity index (χ0n) is 14.7. The predicted molar refractivity (Wildman–Crippen MR) is 97.8 cm³/mol. The fourth-order valence-electron chi connectivity index (χ4n) is 2.31. The van der Waals surface area contributed by atoms with Crippen LogP contribution in [0.2, 0.25) is 0 Å². The molecule has 26 heavy (non-hydrogen) atoms.